The minimum atomic E-state index is 0.332. The van der Waals surface area contributed by atoms with Crippen LogP contribution in [0.3, 0.4) is 0 Å². The Morgan fingerprint density at radius 1 is 0.882 bits per heavy atom. The van der Waals surface area contributed by atoms with Crippen molar-refractivity contribution in [3.8, 4) is 0 Å². The van der Waals surface area contributed by atoms with Gasteiger partial charge < -0.3 is 9.84 Å². The summed E-state index contributed by atoms with van der Waals surface area (Å²) < 4.78 is 6.29. The molecule has 1 aliphatic carbocycles. The monoisotopic (exact) mass is 240 g/mol. The quantitative estimate of drug-likeness (QED) is 0.743. The van der Waals surface area contributed by atoms with Gasteiger partial charge in [-0.25, -0.2) is 0 Å². The fraction of sp³-hybridized carbons (Fsp3) is 1.00. The molecule has 0 aromatic carbocycles. The van der Waals surface area contributed by atoms with E-state index in [-0.39, 0.29) is 0 Å². The Morgan fingerprint density at radius 2 is 1.71 bits per heavy atom. The zero-order valence-electron chi connectivity index (χ0n) is 11.1. The first-order valence-corrected chi connectivity index (χ1v) is 7.66. The largest absolute Gasteiger partial charge is 0.396 e. The van der Waals surface area contributed by atoms with E-state index in [0.717, 1.165) is 25.2 Å². The Bertz CT molecular complexity index is 199. The molecule has 0 spiro atoms. The van der Waals surface area contributed by atoms with Crippen LogP contribution in [0.4, 0.5) is 0 Å². The molecule has 1 saturated heterocycles. The zero-order valence-corrected chi connectivity index (χ0v) is 11.1. The summed E-state index contributed by atoms with van der Waals surface area (Å²) in [5.74, 6) is 0.851. The molecule has 0 aromatic heterocycles. The summed E-state index contributed by atoms with van der Waals surface area (Å²) >= 11 is 0. The van der Waals surface area contributed by atoms with Crippen LogP contribution in [-0.4, -0.2) is 23.9 Å². The highest BCUT2D eigenvalue weighted by molar-refractivity contribution is 4.79. The first-order valence-electron chi connectivity index (χ1n) is 7.66. The molecule has 1 aliphatic heterocycles. The molecule has 0 aromatic rings. The molecule has 1 saturated carbocycles. The van der Waals surface area contributed by atoms with Crippen molar-refractivity contribution in [2.45, 2.75) is 82.8 Å². The number of hydrogen-bond donors (Lipinski definition) is 1. The third-order valence-electron chi connectivity index (χ3n) is 4.49. The molecule has 0 bridgehead atoms. The van der Waals surface area contributed by atoms with Gasteiger partial charge in [0.25, 0.3) is 0 Å². The predicted octanol–water partition coefficient (Wildman–Crippen LogP) is 3.67. The lowest BCUT2D eigenvalue weighted by Gasteiger charge is -2.37. The molecule has 0 radical (unpaired) electrons. The molecule has 1 heterocycles. The minimum Gasteiger partial charge on any atom is -0.396 e. The highest BCUT2D eigenvalue weighted by Gasteiger charge is 2.29. The molecule has 100 valence electrons. The minimum absolute atomic E-state index is 0.332. The van der Waals surface area contributed by atoms with Crippen LogP contribution in [0.5, 0.6) is 0 Å². The van der Waals surface area contributed by atoms with Crippen molar-refractivity contribution in [1.82, 2.24) is 0 Å². The van der Waals surface area contributed by atoms with Gasteiger partial charge in [0, 0.05) is 6.61 Å². The number of aliphatic hydroxyl groups excluding tert-OH is 1. The van der Waals surface area contributed by atoms with Gasteiger partial charge in [-0.3, -0.25) is 0 Å². The molecule has 2 nitrogen and oxygen atoms in total. The topological polar surface area (TPSA) is 29.5 Å². The SMILES string of the molecule is OCCCC[C@@H]1CCC[C@H](C2CCCCC2)O1. The van der Waals surface area contributed by atoms with Gasteiger partial charge in [0.15, 0.2) is 0 Å². The van der Waals surface area contributed by atoms with E-state index in [2.05, 4.69) is 0 Å². The summed E-state index contributed by atoms with van der Waals surface area (Å²) in [4.78, 5) is 0. The van der Waals surface area contributed by atoms with Crippen LogP contribution in [0, 0.1) is 5.92 Å². The number of unbranched alkanes of at least 4 members (excludes halogenated alkanes) is 1. The third kappa shape index (κ3) is 4.26. The van der Waals surface area contributed by atoms with Gasteiger partial charge in [0.2, 0.25) is 0 Å². The molecule has 2 rings (SSSR count). The molecular weight excluding hydrogens is 212 g/mol. The van der Waals surface area contributed by atoms with Crippen molar-refractivity contribution >= 4 is 0 Å². The maximum atomic E-state index is 8.81. The van der Waals surface area contributed by atoms with E-state index in [0.29, 0.717) is 18.8 Å². The maximum absolute atomic E-state index is 8.81. The summed E-state index contributed by atoms with van der Waals surface area (Å²) in [6.07, 6.45) is 15.2. The fourth-order valence-electron chi connectivity index (χ4n) is 3.48. The first-order chi connectivity index (χ1) is 8.40. The lowest BCUT2D eigenvalue weighted by atomic mass is 9.82. The second-order valence-corrected chi connectivity index (χ2v) is 5.84. The molecule has 2 fully saturated rings. The molecule has 2 atom stereocenters. The lowest BCUT2D eigenvalue weighted by Crippen LogP contribution is -2.34. The molecule has 2 aliphatic rings. The summed E-state index contributed by atoms with van der Waals surface area (Å²) in [7, 11) is 0. The third-order valence-corrected chi connectivity index (χ3v) is 4.49. The predicted molar refractivity (Wildman–Crippen MR) is 70.0 cm³/mol. The van der Waals surface area contributed by atoms with Gasteiger partial charge >= 0.3 is 0 Å². The number of ether oxygens (including phenoxy) is 1. The van der Waals surface area contributed by atoms with Crippen LogP contribution >= 0.6 is 0 Å². The summed E-state index contributed by atoms with van der Waals surface area (Å²) in [6.45, 7) is 0.332. The number of rotatable bonds is 5. The van der Waals surface area contributed by atoms with Gasteiger partial charge in [-0.05, 0) is 57.3 Å². The highest BCUT2D eigenvalue weighted by atomic mass is 16.5. The average Bonchev–Trinajstić information content (AvgIpc) is 2.41. The van der Waals surface area contributed by atoms with Gasteiger partial charge in [-0.15, -0.1) is 0 Å². The van der Waals surface area contributed by atoms with Crippen LogP contribution in [0.2, 0.25) is 0 Å². The second kappa shape index (κ2) is 7.38. The number of hydrogen-bond acceptors (Lipinski definition) is 2. The van der Waals surface area contributed by atoms with Crippen molar-refractivity contribution < 1.29 is 9.84 Å². The standard InChI is InChI=1S/C15H28O2/c16-12-5-4-9-14-10-6-11-15(17-14)13-7-2-1-3-8-13/h13-16H,1-12H2/t14-,15-/m1/s1. The van der Waals surface area contributed by atoms with Crippen LogP contribution in [0.1, 0.15) is 70.6 Å². The van der Waals surface area contributed by atoms with E-state index in [9.17, 15) is 0 Å². The van der Waals surface area contributed by atoms with Gasteiger partial charge in [-0.2, -0.15) is 0 Å². The van der Waals surface area contributed by atoms with E-state index >= 15 is 0 Å². The van der Waals surface area contributed by atoms with E-state index in [1.54, 1.807) is 0 Å². The normalized spacial score (nSPS) is 31.6. The lowest BCUT2D eigenvalue weighted by molar-refractivity contribution is -0.0871. The van der Waals surface area contributed by atoms with Crippen molar-refractivity contribution in [3.63, 3.8) is 0 Å². The molecule has 2 heteroatoms. The van der Waals surface area contributed by atoms with E-state index in [4.69, 9.17) is 9.84 Å². The average molecular weight is 240 g/mol. The maximum Gasteiger partial charge on any atom is 0.0607 e. The number of aliphatic hydroxyl groups is 1. The Morgan fingerprint density at radius 3 is 2.47 bits per heavy atom. The summed E-state index contributed by atoms with van der Waals surface area (Å²) in [5, 5.41) is 8.81. The van der Waals surface area contributed by atoms with Gasteiger partial charge in [0.1, 0.15) is 0 Å². The molecular formula is C15H28O2. The molecule has 0 unspecified atom stereocenters. The van der Waals surface area contributed by atoms with Crippen LogP contribution in [0.15, 0.2) is 0 Å². The van der Waals surface area contributed by atoms with Crippen molar-refractivity contribution in [1.29, 1.82) is 0 Å². The van der Waals surface area contributed by atoms with Gasteiger partial charge in [-0.1, -0.05) is 19.3 Å². The molecule has 0 amide bonds. The van der Waals surface area contributed by atoms with Crippen LogP contribution in [0.25, 0.3) is 0 Å². The van der Waals surface area contributed by atoms with Crippen LogP contribution in [-0.2, 0) is 4.74 Å². The zero-order chi connectivity index (χ0) is 11.9. The van der Waals surface area contributed by atoms with E-state index in [1.165, 1.54) is 51.4 Å². The van der Waals surface area contributed by atoms with E-state index in [1.807, 2.05) is 0 Å². The molecule has 1 N–H and O–H groups in total. The van der Waals surface area contributed by atoms with Crippen molar-refractivity contribution in [2.75, 3.05) is 6.61 Å². The van der Waals surface area contributed by atoms with Crippen molar-refractivity contribution in [2.24, 2.45) is 5.92 Å². The Hall–Kier alpha value is -0.0800. The smallest absolute Gasteiger partial charge is 0.0607 e. The Kier molecular flexibility index (Phi) is 5.79. The highest BCUT2D eigenvalue weighted by Crippen LogP contribution is 2.34. The summed E-state index contributed by atoms with van der Waals surface area (Å²) in [5.41, 5.74) is 0. The van der Waals surface area contributed by atoms with Crippen LogP contribution < -0.4 is 0 Å². The van der Waals surface area contributed by atoms with Gasteiger partial charge in [0.05, 0.1) is 12.2 Å². The Balaban J connectivity index is 1.71. The fourth-order valence-corrected chi connectivity index (χ4v) is 3.48. The second-order valence-electron chi connectivity index (χ2n) is 5.84. The van der Waals surface area contributed by atoms with Crippen molar-refractivity contribution in [3.05, 3.63) is 0 Å². The Labute approximate surface area is 106 Å². The molecule has 17 heavy (non-hydrogen) atoms. The van der Waals surface area contributed by atoms with E-state index < -0.39 is 0 Å². The first kappa shape index (κ1) is 13.4. The summed E-state index contributed by atoms with van der Waals surface area (Å²) in [6, 6.07) is 0.